The van der Waals surface area contributed by atoms with Crippen molar-refractivity contribution >= 4 is 28.2 Å². The summed E-state index contributed by atoms with van der Waals surface area (Å²) in [7, 11) is 1.79. The second-order valence-electron chi connectivity index (χ2n) is 4.32. The van der Waals surface area contributed by atoms with Crippen LogP contribution in [-0.2, 0) is 0 Å². The molecule has 1 N–H and O–H groups in total. The summed E-state index contributed by atoms with van der Waals surface area (Å²) in [5.74, 6) is 0.324. The van der Waals surface area contributed by atoms with Gasteiger partial charge >= 0.3 is 0 Å². The second kappa shape index (κ2) is 5.06. The van der Waals surface area contributed by atoms with Crippen molar-refractivity contribution in [1.82, 2.24) is 10.2 Å². The summed E-state index contributed by atoms with van der Waals surface area (Å²) in [6.07, 6.45) is 0. The quantitative estimate of drug-likeness (QED) is 0.770. The van der Waals surface area contributed by atoms with Gasteiger partial charge in [0, 0.05) is 23.4 Å². The van der Waals surface area contributed by atoms with E-state index in [0.717, 1.165) is 10.8 Å². The number of nitrogens with zero attached hydrogens (tertiary/aromatic N) is 2. The first-order valence-electron chi connectivity index (χ1n) is 6.09. The van der Waals surface area contributed by atoms with Crippen LogP contribution in [0.4, 0.5) is 10.2 Å². The van der Waals surface area contributed by atoms with E-state index in [1.54, 1.807) is 13.1 Å². The molecule has 5 heteroatoms. The van der Waals surface area contributed by atoms with E-state index in [0.29, 0.717) is 22.1 Å². The normalized spacial score (nSPS) is 10.8. The van der Waals surface area contributed by atoms with Crippen molar-refractivity contribution < 1.29 is 4.39 Å². The second-order valence-corrected chi connectivity index (χ2v) is 4.72. The highest BCUT2D eigenvalue weighted by atomic mass is 35.5. The van der Waals surface area contributed by atoms with Crippen molar-refractivity contribution in [3.05, 3.63) is 53.3 Å². The highest BCUT2D eigenvalue weighted by molar-refractivity contribution is 6.33. The first-order valence-corrected chi connectivity index (χ1v) is 6.47. The Morgan fingerprint density at radius 1 is 1.05 bits per heavy atom. The maximum absolute atomic E-state index is 13.2. The Morgan fingerprint density at radius 2 is 1.80 bits per heavy atom. The molecule has 20 heavy (non-hydrogen) atoms. The molecule has 0 saturated heterocycles. The smallest absolute Gasteiger partial charge is 0.156 e. The number of halogens is 2. The summed E-state index contributed by atoms with van der Waals surface area (Å²) in [6.45, 7) is 0. The molecular formula is C15H11ClFN3. The third-order valence-corrected chi connectivity index (χ3v) is 3.42. The van der Waals surface area contributed by atoms with E-state index in [9.17, 15) is 4.39 Å². The lowest BCUT2D eigenvalue weighted by atomic mass is 10.0. The van der Waals surface area contributed by atoms with Gasteiger partial charge in [0.25, 0.3) is 0 Å². The van der Waals surface area contributed by atoms with Crippen molar-refractivity contribution in [1.29, 1.82) is 0 Å². The number of anilines is 1. The van der Waals surface area contributed by atoms with Gasteiger partial charge < -0.3 is 5.32 Å². The van der Waals surface area contributed by atoms with Crippen LogP contribution < -0.4 is 5.32 Å². The zero-order valence-electron chi connectivity index (χ0n) is 10.7. The summed E-state index contributed by atoms with van der Waals surface area (Å²) in [6, 6.07) is 12.0. The largest absolute Gasteiger partial charge is 0.371 e. The maximum atomic E-state index is 13.2. The number of aromatic nitrogens is 2. The van der Waals surface area contributed by atoms with Crippen LogP contribution >= 0.6 is 11.6 Å². The molecule has 3 nitrogen and oxygen atoms in total. The Labute approximate surface area is 120 Å². The SMILES string of the molecule is CNc1nnc(-c2ccc(F)cc2Cl)c2ccccc12. The van der Waals surface area contributed by atoms with Gasteiger partial charge in [0.05, 0.1) is 5.02 Å². The topological polar surface area (TPSA) is 37.8 Å². The van der Waals surface area contributed by atoms with Crippen LogP contribution in [0.15, 0.2) is 42.5 Å². The van der Waals surface area contributed by atoms with E-state index in [1.807, 2.05) is 24.3 Å². The number of fused-ring (bicyclic) bond motifs is 1. The van der Waals surface area contributed by atoms with Gasteiger partial charge in [-0.1, -0.05) is 35.9 Å². The predicted molar refractivity (Wildman–Crippen MR) is 79.5 cm³/mol. The molecular weight excluding hydrogens is 277 g/mol. The number of hydrogen-bond donors (Lipinski definition) is 1. The van der Waals surface area contributed by atoms with Crippen molar-refractivity contribution in [3.8, 4) is 11.3 Å². The Balaban J connectivity index is 2.32. The van der Waals surface area contributed by atoms with Crippen LogP contribution in [-0.4, -0.2) is 17.2 Å². The molecule has 1 heterocycles. The van der Waals surface area contributed by atoms with E-state index in [1.165, 1.54) is 12.1 Å². The molecule has 0 saturated carbocycles. The van der Waals surface area contributed by atoms with Gasteiger partial charge in [-0.2, -0.15) is 0 Å². The van der Waals surface area contributed by atoms with Crippen molar-refractivity contribution in [2.45, 2.75) is 0 Å². The van der Waals surface area contributed by atoms with E-state index < -0.39 is 0 Å². The third kappa shape index (κ3) is 2.08. The first kappa shape index (κ1) is 12.8. The minimum absolute atomic E-state index is 0.321. The summed E-state index contributed by atoms with van der Waals surface area (Å²) in [5.41, 5.74) is 1.31. The Morgan fingerprint density at radius 3 is 2.50 bits per heavy atom. The van der Waals surface area contributed by atoms with Gasteiger partial charge in [-0.3, -0.25) is 0 Å². The van der Waals surface area contributed by atoms with E-state index in [-0.39, 0.29) is 5.82 Å². The molecule has 0 aliphatic carbocycles. The number of rotatable bonds is 2. The molecule has 0 fully saturated rings. The molecule has 3 rings (SSSR count). The zero-order valence-corrected chi connectivity index (χ0v) is 11.4. The molecule has 0 atom stereocenters. The Bertz CT molecular complexity index is 789. The molecule has 1 aromatic heterocycles. The average Bonchev–Trinajstić information content (AvgIpc) is 2.47. The van der Waals surface area contributed by atoms with E-state index in [2.05, 4.69) is 15.5 Å². The highest BCUT2D eigenvalue weighted by Gasteiger charge is 2.13. The summed E-state index contributed by atoms with van der Waals surface area (Å²) in [5, 5.41) is 13.6. The van der Waals surface area contributed by atoms with Gasteiger partial charge in [0.1, 0.15) is 11.5 Å². The Hall–Kier alpha value is -2.20. The van der Waals surface area contributed by atoms with E-state index in [4.69, 9.17) is 11.6 Å². The molecule has 0 radical (unpaired) electrons. The lowest BCUT2D eigenvalue weighted by Gasteiger charge is -2.10. The van der Waals surface area contributed by atoms with Crippen LogP contribution in [0.1, 0.15) is 0 Å². The molecule has 0 unspecified atom stereocenters. The molecule has 0 spiro atoms. The summed E-state index contributed by atoms with van der Waals surface area (Å²) < 4.78 is 13.2. The number of benzene rings is 2. The third-order valence-electron chi connectivity index (χ3n) is 3.11. The van der Waals surface area contributed by atoms with Gasteiger partial charge in [0.2, 0.25) is 0 Å². The van der Waals surface area contributed by atoms with Crippen LogP contribution in [0.3, 0.4) is 0 Å². The summed E-state index contributed by atoms with van der Waals surface area (Å²) in [4.78, 5) is 0. The fraction of sp³-hybridized carbons (Fsp3) is 0.0667. The molecule has 0 aliphatic heterocycles. The highest BCUT2D eigenvalue weighted by Crippen LogP contribution is 2.33. The van der Waals surface area contributed by atoms with Crippen LogP contribution in [0.2, 0.25) is 5.02 Å². The molecule has 0 bridgehead atoms. The lowest BCUT2D eigenvalue weighted by molar-refractivity contribution is 0.628. The lowest BCUT2D eigenvalue weighted by Crippen LogP contribution is -1.98. The summed E-state index contributed by atoms with van der Waals surface area (Å²) >= 11 is 6.11. The minimum atomic E-state index is -0.372. The van der Waals surface area contributed by atoms with Gasteiger partial charge in [-0.25, -0.2) is 4.39 Å². The number of hydrogen-bond acceptors (Lipinski definition) is 3. The first-order chi connectivity index (χ1) is 9.70. The van der Waals surface area contributed by atoms with Crippen LogP contribution in [0.25, 0.3) is 22.0 Å². The standard InChI is InChI=1S/C15H11ClFN3/c1-18-15-11-5-3-2-4-10(11)14(19-20-15)12-7-6-9(17)8-13(12)16/h2-8H,1H3,(H,18,20). The minimum Gasteiger partial charge on any atom is -0.371 e. The average molecular weight is 288 g/mol. The van der Waals surface area contributed by atoms with Crippen molar-refractivity contribution in [2.75, 3.05) is 12.4 Å². The fourth-order valence-electron chi connectivity index (χ4n) is 2.17. The maximum Gasteiger partial charge on any atom is 0.156 e. The van der Waals surface area contributed by atoms with Crippen molar-refractivity contribution in [2.24, 2.45) is 0 Å². The zero-order chi connectivity index (χ0) is 14.1. The van der Waals surface area contributed by atoms with E-state index >= 15 is 0 Å². The molecule has 0 aliphatic rings. The number of nitrogens with one attached hydrogen (secondary N) is 1. The van der Waals surface area contributed by atoms with Crippen molar-refractivity contribution in [3.63, 3.8) is 0 Å². The molecule has 0 amide bonds. The molecule has 2 aromatic carbocycles. The monoisotopic (exact) mass is 287 g/mol. The van der Waals surface area contributed by atoms with Gasteiger partial charge in [0.15, 0.2) is 5.82 Å². The molecule has 100 valence electrons. The van der Waals surface area contributed by atoms with Crippen LogP contribution in [0.5, 0.6) is 0 Å². The Kier molecular flexibility index (Phi) is 3.24. The fourth-order valence-corrected chi connectivity index (χ4v) is 2.43. The van der Waals surface area contributed by atoms with Crippen LogP contribution in [0, 0.1) is 5.82 Å². The van der Waals surface area contributed by atoms with Gasteiger partial charge in [-0.15, -0.1) is 10.2 Å². The van der Waals surface area contributed by atoms with Gasteiger partial charge in [-0.05, 0) is 18.2 Å². The predicted octanol–water partition coefficient (Wildman–Crippen LogP) is 4.13. The molecule has 3 aromatic rings.